The quantitative estimate of drug-likeness (QED) is 0.435. The Hall–Kier alpha value is -1.50. The lowest BCUT2D eigenvalue weighted by Gasteiger charge is -2.04. The molecule has 0 atom stereocenters. The second-order valence-electron chi connectivity index (χ2n) is 4.49. The number of aryl methyl sites for hydroxylation is 1. The van der Waals surface area contributed by atoms with Gasteiger partial charge in [-0.2, -0.15) is 0 Å². The highest BCUT2D eigenvalue weighted by atomic mass is 16.5. The second kappa shape index (κ2) is 9.52. The summed E-state index contributed by atoms with van der Waals surface area (Å²) in [7, 11) is 0. The van der Waals surface area contributed by atoms with Crippen molar-refractivity contribution in [3.63, 3.8) is 0 Å². The Morgan fingerprint density at radius 3 is 2.39 bits per heavy atom. The zero-order valence-electron chi connectivity index (χ0n) is 11.4. The summed E-state index contributed by atoms with van der Waals surface area (Å²) in [6, 6.07) is 8.19. The summed E-state index contributed by atoms with van der Waals surface area (Å²) in [4.78, 5) is 0. The average molecular weight is 244 g/mol. The third kappa shape index (κ3) is 6.95. The van der Waals surface area contributed by atoms with Crippen LogP contribution >= 0.6 is 0 Å². The molecule has 0 aliphatic rings. The first kappa shape index (κ1) is 14.6. The van der Waals surface area contributed by atoms with Crippen LogP contribution in [0.4, 0.5) is 0 Å². The molecular weight excluding hydrogens is 220 g/mol. The largest absolute Gasteiger partial charge is 0.493 e. The summed E-state index contributed by atoms with van der Waals surface area (Å²) in [6.45, 7) is 6.56. The van der Waals surface area contributed by atoms with Crippen LogP contribution in [0.15, 0.2) is 49.1 Å². The first-order valence-corrected chi connectivity index (χ1v) is 6.78. The van der Waals surface area contributed by atoms with E-state index in [0.29, 0.717) is 0 Å². The molecule has 1 aromatic carbocycles. The first-order chi connectivity index (χ1) is 8.83. The maximum Gasteiger partial charge on any atom is 0.119 e. The van der Waals surface area contributed by atoms with Crippen LogP contribution in [-0.4, -0.2) is 6.61 Å². The van der Waals surface area contributed by atoms with Gasteiger partial charge in [0.15, 0.2) is 0 Å². The van der Waals surface area contributed by atoms with Crippen LogP contribution in [-0.2, 0) is 0 Å². The van der Waals surface area contributed by atoms with Crippen molar-refractivity contribution >= 4 is 0 Å². The highest BCUT2D eigenvalue weighted by molar-refractivity contribution is 5.26. The van der Waals surface area contributed by atoms with Crippen LogP contribution in [0.1, 0.15) is 37.7 Å². The van der Waals surface area contributed by atoms with Crippen LogP contribution in [0.2, 0.25) is 0 Å². The Balaban J connectivity index is 2.02. The van der Waals surface area contributed by atoms with Crippen LogP contribution in [0, 0.1) is 6.92 Å². The third-order valence-electron chi connectivity index (χ3n) is 2.77. The Bertz CT molecular complexity index is 348. The van der Waals surface area contributed by atoms with Gasteiger partial charge in [-0.3, -0.25) is 0 Å². The van der Waals surface area contributed by atoms with E-state index in [0.717, 1.165) is 25.2 Å². The van der Waals surface area contributed by atoms with E-state index < -0.39 is 0 Å². The lowest BCUT2D eigenvalue weighted by Crippen LogP contribution is -1.95. The lowest BCUT2D eigenvalue weighted by atomic mass is 10.2. The molecule has 0 aromatic heterocycles. The number of hydrogen-bond donors (Lipinski definition) is 0. The van der Waals surface area contributed by atoms with Crippen molar-refractivity contribution in [3.8, 4) is 5.75 Å². The van der Waals surface area contributed by atoms with Gasteiger partial charge in [-0.1, -0.05) is 35.9 Å². The molecule has 18 heavy (non-hydrogen) atoms. The van der Waals surface area contributed by atoms with Crippen molar-refractivity contribution in [2.75, 3.05) is 6.61 Å². The summed E-state index contributed by atoms with van der Waals surface area (Å²) in [5.41, 5.74) is 1.27. The Labute approximate surface area is 111 Å². The third-order valence-corrected chi connectivity index (χ3v) is 2.77. The summed E-state index contributed by atoms with van der Waals surface area (Å²) in [6.07, 6.45) is 12.2. The summed E-state index contributed by atoms with van der Waals surface area (Å²) in [5.74, 6) is 0.958. The van der Waals surface area contributed by atoms with Crippen LogP contribution in [0.25, 0.3) is 0 Å². The lowest BCUT2D eigenvalue weighted by molar-refractivity contribution is 0.324. The van der Waals surface area contributed by atoms with Crippen molar-refractivity contribution in [2.24, 2.45) is 0 Å². The summed E-state index contributed by atoms with van der Waals surface area (Å²) >= 11 is 0. The fourth-order valence-corrected chi connectivity index (χ4v) is 1.67. The zero-order chi connectivity index (χ0) is 13.1. The maximum atomic E-state index is 5.64. The standard InChI is InChI=1S/C17H24O/c1-3-4-5-6-7-8-9-10-15-18-17-13-11-16(2)12-14-17/h3,8-9,11-14H,1,4-7,10,15H2,2H3/b9-8+. The fraction of sp³-hybridized carbons (Fsp3) is 0.412. The van der Waals surface area contributed by atoms with E-state index >= 15 is 0 Å². The molecule has 1 aromatic rings. The minimum atomic E-state index is 0.756. The second-order valence-corrected chi connectivity index (χ2v) is 4.49. The normalized spacial score (nSPS) is 10.7. The van der Waals surface area contributed by atoms with Gasteiger partial charge in [0.05, 0.1) is 6.61 Å². The van der Waals surface area contributed by atoms with Gasteiger partial charge in [-0.15, -0.1) is 6.58 Å². The number of hydrogen-bond acceptors (Lipinski definition) is 1. The minimum absolute atomic E-state index is 0.756. The molecule has 98 valence electrons. The molecule has 0 amide bonds. The van der Waals surface area contributed by atoms with Crippen molar-refractivity contribution in [2.45, 2.75) is 39.0 Å². The van der Waals surface area contributed by atoms with E-state index in [1.807, 2.05) is 18.2 Å². The Morgan fingerprint density at radius 1 is 1.00 bits per heavy atom. The van der Waals surface area contributed by atoms with E-state index in [4.69, 9.17) is 4.74 Å². The summed E-state index contributed by atoms with van der Waals surface area (Å²) in [5, 5.41) is 0. The van der Waals surface area contributed by atoms with Gasteiger partial charge in [-0.05, 0) is 51.2 Å². The molecule has 1 heteroatoms. The van der Waals surface area contributed by atoms with Gasteiger partial charge in [0.2, 0.25) is 0 Å². The molecule has 0 unspecified atom stereocenters. The summed E-state index contributed by atoms with van der Waals surface area (Å²) < 4.78 is 5.64. The van der Waals surface area contributed by atoms with Gasteiger partial charge in [-0.25, -0.2) is 0 Å². The Kier molecular flexibility index (Phi) is 7.70. The number of allylic oxidation sites excluding steroid dienone is 2. The molecule has 0 saturated carbocycles. The number of unbranched alkanes of at least 4 members (excludes halogenated alkanes) is 3. The van der Waals surface area contributed by atoms with E-state index in [2.05, 4.69) is 37.8 Å². The highest BCUT2D eigenvalue weighted by Crippen LogP contribution is 2.11. The smallest absolute Gasteiger partial charge is 0.119 e. The molecule has 0 heterocycles. The van der Waals surface area contributed by atoms with Crippen molar-refractivity contribution in [1.82, 2.24) is 0 Å². The van der Waals surface area contributed by atoms with Gasteiger partial charge >= 0.3 is 0 Å². The predicted octanol–water partition coefficient (Wildman–Crippen LogP) is 5.07. The first-order valence-electron chi connectivity index (χ1n) is 6.78. The molecule has 0 radical (unpaired) electrons. The molecule has 0 N–H and O–H groups in total. The highest BCUT2D eigenvalue weighted by Gasteiger charge is 1.91. The van der Waals surface area contributed by atoms with E-state index in [-0.39, 0.29) is 0 Å². The number of benzene rings is 1. The van der Waals surface area contributed by atoms with Crippen LogP contribution in [0.3, 0.4) is 0 Å². The molecule has 0 spiro atoms. The molecular formula is C17H24O. The molecule has 0 aliphatic carbocycles. The van der Waals surface area contributed by atoms with E-state index in [1.165, 1.54) is 24.8 Å². The molecule has 0 aliphatic heterocycles. The van der Waals surface area contributed by atoms with Crippen LogP contribution in [0.5, 0.6) is 5.75 Å². The van der Waals surface area contributed by atoms with Gasteiger partial charge < -0.3 is 4.74 Å². The van der Waals surface area contributed by atoms with E-state index in [1.54, 1.807) is 0 Å². The average Bonchev–Trinajstić information content (AvgIpc) is 2.39. The molecule has 0 fully saturated rings. The minimum Gasteiger partial charge on any atom is -0.493 e. The van der Waals surface area contributed by atoms with Crippen molar-refractivity contribution < 1.29 is 4.74 Å². The van der Waals surface area contributed by atoms with Gasteiger partial charge in [0, 0.05) is 0 Å². The number of ether oxygens (including phenoxy) is 1. The monoisotopic (exact) mass is 244 g/mol. The topological polar surface area (TPSA) is 9.23 Å². The molecule has 1 rings (SSSR count). The van der Waals surface area contributed by atoms with Crippen molar-refractivity contribution in [1.29, 1.82) is 0 Å². The molecule has 0 saturated heterocycles. The molecule has 1 nitrogen and oxygen atoms in total. The Morgan fingerprint density at radius 2 is 1.67 bits per heavy atom. The van der Waals surface area contributed by atoms with Crippen molar-refractivity contribution in [3.05, 3.63) is 54.6 Å². The zero-order valence-corrected chi connectivity index (χ0v) is 11.4. The van der Waals surface area contributed by atoms with Gasteiger partial charge in [0.1, 0.15) is 5.75 Å². The van der Waals surface area contributed by atoms with Crippen LogP contribution < -0.4 is 4.74 Å². The maximum absolute atomic E-state index is 5.64. The molecule has 0 bridgehead atoms. The predicted molar refractivity (Wildman–Crippen MR) is 79.1 cm³/mol. The fourth-order valence-electron chi connectivity index (χ4n) is 1.67. The SMILES string of the molecule is C=CCCCC/C=C/CCOc1ccc(C)cc1. The van der Waals surface area contributed by atoms with E-state index in [9.17, 15) is 0 Å². The van der Waals surface area contributed by atoms with Gasteiger partial charge in [0.25, 0.3) is 0 Å². The number of rotatable bonds is 9.